The molecule has 5 nitrogen and oxygen atoms in total. The number of benzene rings is 1. The first-order chi connectivity index (χ1) is 10.0. The van der Waals surface area contributed by atoms with Gasteiger partial charge < -0.3 is 15.4 Å². The summed E-state index contributed by atoms with van der Waals surface area (Å²) < 4.78 is 13.2. The second kappa shape index (κ2) is 6.49. The molecule has 2 rings (SSSR count). The van der Waals surface area contributed by atoms with Crippen LogP contribution >= 0.6 is 0 Å². The summed E-state index contributed by atoms with van der Waals surface area (Å²) in [5, 5.41) is 12.2. The molecule has 1 unspecified atom stereocenters. The van der Waals surface area contributed by atoms with Crippen LogP contribution in [0.4, 0.5) is 4.39 Å². The van der Waals surface area contributed by atoms with Gasteiger partial charge in [-0.1, -0.05) is 6.92 Å². The molecule has 0 saturated heterocycles. The first-order valence-corrected chi connectivity index (χ1v) is 6.79. The highest BCUT2D eigenvalue weighted by Gasteiger charge is 2.15. The van der Waals surface area contributed by atoms with Gasteiger partial charge in [-0.2, -0.15) is 0 Å². The number of aromatic amines is 1. The Bertz CT molecular complexity index is 712. The van der Waals surface area contributed by atoms with E-state index in [0.717, 1.165) is 0 Å². The van der Waals surface area contributed by atoms with Crippen LogP contribution in [0.25, 0.3) is 10.9 Å². The normalized spacial score (nSPS) is 12.3. The summed E-state index contributed by atoms with van der Waals surface area (Å²) in [4.78, 5) is 26.4. The fourth-order valence-corrected chi connectivity index (χ4v) is 2.22. The van der Waals surface area contributed by atoms with E-state index in [1.165, 1.54) is 24.3 Å². The molecule has 3 N–H and O–H groups in total. The zero-order valence-corrected chi connectivity index (χ0v) is 11.6. The van der Waals surface area contributed by atoms with Crippen LogP contribution in [0, 0.1) is 5.82 Å². The number of fused-ring (bicyclic) bond motifs is 1. The number of pyridine rings is 1. The Morgan fingerprint density at radius 2 is 2.19 bits per heavy atom. The van der Waals surface area contributed by atoms with Crippen LogP contribution in [0.5, 0.6) is 0 Å². The fourth-order valence-electron chi connectivity index (χ4n) is 2.22. The number of amides is 1. The second-order valence-electron chi connectivity index (χ2n) is 4.83. The maximum atomic E-state index is 13.2. The summed E-state index contributed by atoms with van der Waals surface area (Å²) in [6, 6.07) is 4.90. The van der Waals surface area contributed by atoms with Crippen molar-refractivity contribution in [2.24, 2.45) is 0 Å². The minimum Gasteiger partial charge on any atom is -0.396 e. The molecule has 1 aromatic heterocycles. The van der Waals surface area contributed by atoms with E-state index >= 15 is 0 Å². The molecule has 0 saturated carbocycles. The van der Waals surface area contributed by atoms with Crippen LogP contribution in [0.15, 0.2) is 29.1 Å². The predicted octanol–water partition coefficient (Wildman–Crippen LogP) is 1.56. The first-order valence-electron chi connectivity index (χ1n) is 6.79. The number of rotatable bonds is 5. The van der Waals surface area contributed by atoms with Gasteiger partial charge in [-0.15, -0.1) is 0 Å². The largest absolute Gasteiger partial charge is 0.396 e. The van der Waals surface area contributed by atoms with Crippen LogP contribution in [-0.4, -0.2) is 28.6 Å². The molecule has 1 aromatic carbocycles. The molecule has 0 spiro atoms. The van der Waals surface area contributed by atoms with Crippen molar-refractivity contribution in [2.45, 2.75) is 25.8 Å². The summed E-state index contributed by atoms with van der Waals surface area (Å²) in [5.41, 5.74) is 0.0152. The molecular weight excluding hydrogens is 275 g/mol. The number of halogens is 1. The van der Waals surface area contributed by atoms with Crippen LogP contribution in [-0.2, 0) is 0 Å². The van der Waals surface area contributed by atoms with Crippen molar-refractivity contribution in [3.8, 4) is 0 Å². The molecule has 0 bridgehead atoms. The molecule has 0 radical (unpaired) electrons. The summed E-state index contributed by atoms with van der Waals surface area (Å²) >= 11 is 0. The van der Waals surface area contributed by atoms with Crippen molar-refractivity contribution in [1.29, 1.82) is 0 Å². The van der Waals surface area contributed by atoms with Crippen molar-refractivity contribution in [3.63, 3.8) is 0 Å². The number of carbonyl (C=O) groups excluding carboxylic acids is 1. The topological polar surface area (TPSA) is 82.2 Å². The molecule has 1 heterocycles. The molecule has 0 aliphatic carbocycles. The van der Waals surface area contributed by atoms with Gasteiger partial charge in [0.1, 0.15) is 5.82 Å². The van der Waals surface area contributed by atoms with Gasteiger partial charge in [0, 0.05) is 24.1 Å². The van der Waals surface area contributed by atoms with Gasteiger partial charge in [-0.3, -0.25) is 9.59 Å². The van der Waals surface area contributed by atoms with E-state index in [-0.39, 0.29) is 23.7 Å². The number of H-pyrrole nitrogens is 1. The SMILES string of the molecule is CCC(CCO)NC(=O)c1cc(=O)[nH]c2cc(F)ccc12. The molecular formula is C15H17FN2O3. The predicted molar refractivity (Wildman–Crippen MR) is 77.8 cm³/mol. The van der Waals surface area contributed by atoms with E-state index in [9.17, 15) is 14.0 Å². The number of carbonyl (C=O) groups is 1. The van der Waals surface area contributed by atoms with E-state index in [0.29, 0.717) is 18.2 Å². The fraction of sp³-hybridized carbons (Fsp3) is 0.333. The third-order valence-corrected chi connectivity index (χ3v) is 3.36. The Kier molecular flexibility index (Phi) is 4.70. The van der Waals surface area contributed by atoms with Crippen molar-refractivity contribution < 1.29 is 14.3 Å². The molecule has 0 aliphatic heterocycles. The summed E-state index contributed by atoms with van der Waals surface area (Å²) in [7, 11) is 0. The van der Waals surface area contributed by atoms with E-state index in [4.69, 9.17) is 5.11 Å². The van der Waals surface area contributed by atoms with Crippen LogP contribution < -0.4 is 10.9 Å². The van der Waals surface area contributed by atoms with Crippen LogP contribution in [0.2, 0.25) is 0 Å². The Balaban J connectivity index is 2.41. The Morgan fingerprint density at radius 3 is 2.86 bits per heavy atom. The lowest BCUT2D eigenvalue weighted by Gasteiger charge is -2.16. The second-order valence-corrected chi connectivity index (χ2v) is 4.83. The first kappa shape index (κ1) is 15.2. The van der Waals surface area contributed by atoms with Crippen molar-refractivity contribution in [1.82, 2.24) is 10.3 Å². The quantitative estimate of drug-likeness (QED) is 0.782. The standard InChI is InChI=1S/C15H17FN2O3/c1-2-10(5-6-19)17-15(21)12-8-14(20)18-13-7-9(16)3-4-11(12)13/h3-4,7-8,10,19H,2,5-6H2,1H3,(H,17,21)(H,18,20). The highest BCUT2D eigenvalue weighted by molar-refractivity contribution is 6.06. The zero-order chi connectivity index (χ0) is 15.4. The number of aliphatic hydroxyl groups is 1. The molecule has 21 heavy (non-hydrogen) atoms. The molecule has 2 aromatic rings. The number of hydrogen-bond acceptors (Lipinski definition) is 3. The molecule has 0 fully saturated rings. The maximum absolute atomic E-state index is 13.2. The van der Waals surface area contributed by atoms with E-state index in [2.05, 4.69) is 10.3 Å². The number of hydrogen-bond donors (Lipinski definition) is 3. The van der Waals surface area contributed by atoms with Crippen molar-refractivity contribution in [3.05, 3.63) is 46.0 Å². The summed E-state index contributed by atoms with van der Waals surface area (Å²) in [6.07, 6.45) is 1.11. The van der Waals surface area contributed by atoms with Gasteiger partial charge in [-0.05, 0) is 31.0 Å². The third kappa shape index (κ3) is 3.46. The average Bonchev–Trinajstić information content (AvgIpc) is 2.45. The molecule has 6 heteroatoms. The Morgan fingerprint density at radius 1 is 1.43 bits per heavy atom. The minimum absolute atomic E-state index is 0.0277. The Hall–Kier alpha value is -2.21. The van der Waals surface area contributed by atoms with Gasteiger partial charge in [0.05, 0.1) is 11.1 Å². The third-order valence-electron chi connectivity index (χ3n) is 3.36. The summed E-state index contributed by atoms with van der Waals surface area (Å²) in [5.74, 6) is -0.888. The lowest BCUT2D eigenvalue weighted by molar-refractivity contribution is 0.0930. The summed E-state index contributed by atoms with van der Waals surface area (Å²) in [6.45, 7) is 1.87. The lowest BCUT2D eigenvalue weighted by Crippen LogP contribution is -2.35. The highest BCUT2D eigenvalue weighted by atomic mass is 19.1. The van der Waals surface area contributed by atoms with Crippen LogP contribution in [0.1, 0.15) is 30.1 Å². The number of aromatic nitrogens is 1. The van der Waals surface area contributed by atoms with Gasteiger partial charge >= 0.3 is 0 Å². The van der Waals surface area contributed by atoms with Gasteiger partial charge in [0.2, 0.25) is 5.56 Å². The smallest absolute Gasteiger partial charge is 0.252 e. The molecule has 0 aliphatic rings. The Labute approximate surface area is 120 Å². The van der Waals surface area contributed by atoms with E-state index in [1.54, 1.807) is 0 Å². The lowest BCUT2D eigenvalue weighted by atomic mass is 10.1. The van der Waals surface area contributed by atoms with Crippen molar-refractivity contribution >= 4 is 16.8 Å². The number of nitrogens with one attached hydrogen (secondary N) is 2. The molecule has 1 atom stereocenters. The molecule has 112 valence electrons. The number of aliphatic hydroxyl groups excluding tert-OH is 1. The van der Waals surface area contributed by atoms with E-state index in [1.807, 2.05) is 6.92 Å². The maximum Gasteiger partial charge on any atom is 0.252 e. The monoisotopic (exact) mass is 292 g/mol. The van der Waals surface area contributed by atoms with Gasteiger partial charge in [0.25, 0.3) is 5.91 Å². The van der Waals surface area contributed by atoms with Crippen LogP contribution in [0.3, 0.4) is 0 Å². The average molecular weight is 292 g/mol. The molecule has 1 amide bonds. The highest BCUT2D eigenvalue weighted by Crippen LogP contribution is 2.16. The van der Waals surface area contributed by atoms with E-state index < -0.39 is 17.3 Å². The zero-order valence-electron chi connectivity index (χ0n) is 11.6. The van der Waals surface area contributed by atoms with Crippen molar-refractivity contribution in [2.75, 3.05) is 6.61 Å². The minimum atomic E-state index is -0.484. The van der Waals surface area contributed by atoms with Gasteiger partial charge in [0.15, 0.2) is 0 Å². The van der Waals surface area contributed by atoms with Gasteiger partial charge in [-0.25, -0.2) is 4.39 Å².